The SMILES string of the molecule is Cn1c(Nc2ccc(Cl)c(CCC(=O)O)n2)nc2c1c(=O)n(Cc1cc3c(Cl)cccc3[nH]1)c(=O)n2C. The lowest BCUT2D eigenvalue weighted by Gasteiger charge is -2.09. The monoisotopic (exact) mass is 541 g/mol. The molecule has 5 rings (SSSR count). The summed E-state index contributed by atoms with van der Waals surface area (Å²) in [6, 6.07) is 10.5. The van der Waals surface area contributed by atoms with Crippen LogP contribution in [0.1, 0.15) is 17.8 Å². The number of H-pyrrole nitrogens is 1. The van der Waals surface area contributed by atoms with Gasteiger partial charge in [0.15, 0.2) is 11.2 Å². The molecule has 0 aliphatic rings. The number of benzene rings is 1. The first-order valence-corrected chi connectivity index (χ1v) is 12.0. The number of aryl methyl sites for hydroxylation is 3. The number of pyridine rings is 1. The van der Waals surface area contributed by atoms with Crippen LogP contribution in [0.15, 0.2) is 46.0 Å². The highest BCUT2D eigenvalue weighted by Crippen LogP contribution is 2.25. The Morgan fingerprint density at radius 2 is 1.86 bits per heavy atom. The van der Waals surface area contributed by atoms with Gasteiger partial charge in [0.25, 0.3) is 5.56 Å². The summed E-state index contributed by atoms with van der Waals surface area (Å²) in [7, 11) is 3.20. The molecule has 0 aliphatic carbocycles. The molecule has 0 fully saturated rings. The number of aliphatic carboxylic acids is 1. The zero-order valence-corrected chi connectivity index (χ0v) is 21.3. The highest BCUT2D eigenvalue weighted by Gasteiger charge is 2.20. The fourth-order valence-corrected chi connectivity index (χ4v) is 4.62. The third-order valence-corrected chi connectivity index (χ3v) is 6.76. The number of hydrogen-bond acceptors (Lipinski definition) is 6. The molecule has 0 radical (unpaired) electrons. The highest BCUT2D eigenvalue weighted by atomic mass is 35.5. The number of anilines is 2. The number of rotatable bonds is 7. The maximum absolute atomic E-state index is 13.5. The van der Waals surface area contributed by atoms with Crippen molar-refractivity contribution in [2.75, 3.05) is 5.32 Å². The molecule has 0 saturated carbocycles. The summed E-state index contributed by atoms with van der Waals surface area (Å²) in [6.07, 6.45) is 0.0388. The van der Waals surface area contributed by atoms with Gasteiger partial charge in [0.2, 0.25) is 5.95 Å². The van der Waals surface area contributed by atoms with Crippen molar-refractivity contribution in [3.8, 4) is 0 Å². The number of fused-ring (bicyclic) bond motifs is 2. The minimum atomic E-state index is -0.959. The number of carboxylic acid groups (broad SMARTS) is 1. The predicted octanol–water partition coefficient (Wildman–Crippen LogP) is 3.43. The molecule has 0 spiro atoms. The zero-order chi connectivity index (χ0) is 26.4. The number of carboxylic acids is 1. The van der Waals surface area contributed by atoms with E-state index in [-0.39, 0.29) is 36.5 Å². The second kappa shape index (κ2) is 9.41. The van der Waals surface area contributed by atoms with Crippen molar-refractivity contribution in [1.29, 1.82) is 0 Å². The molecule has 1 aromatic carbocycles. The first-order valence-electron chi connectivity index (χ1n) is 11.2. The van der Waals surface area contributed by atoms with Gasteiger partial charge in [-0.2, -0.15) is 4.98 Å². The van der Waals surface area contributed by atoms with E-state index in [9.17, 15) is 14.4 Å². The van der Waals surface area contributed by atoms with E-state index in [4.69, 9.17) is 28.3 Å². The lowest BCUT2D eigenvalue weighted by molar-refractivity contribution is -0.136. The molecular formula is C24H21Cl2N7O4. The Balaban J connectivity index is 1.54. The number of nitrogens with zero attached hydrogens (tertiary/aromatic N) is 5. The topological polar surface area (TPSA) is 140 Å². The van der Waals surface area contributed by atoms with Gasteiger partial charge in [-0.3, -0.25) is 18.7 Å². The quantitative estimate of drug-likeness (QED) is 0.286. The molecule has 11 nitrogen and oxygen atoms in total. The summed E-state index contributed by atoms with van der Waals surface area (Å²) < 4.78 is 3.99. The van der Waals surface area contributed by atoms with E-state index in [2.05, 4.69) is 20.3 Å². The molecule has 0 bridgehead atoms. The first-order chi connectivity index (χ1) is 17.6. The maximum Gasteiger partial charge on any atom is 0.332 e. The van der Waals surface area contributed by atoms with Crippen LogP contribution in [-0.4, -0.2) is 39.7 Å². The lowest BCUT2D eigenvalue weighted by Crippen LogP contribution is -2.39. The standard InChI is InChI=1S/C24H21Cl2N7O4/c1-31-20-21(30-23(31)29-18-8-6-15(26)17(28-18)7-9-19(34)35)32(2)24(37)33(22(20)36)11-12-10-13-14(25)4-3-5-16(13)27-12/h3-6,8,10,27H,7,9,11H2,1-2H3,(H,34,35)(H,28,29,30). The number of nitrogens with one attached hydrogen (secondary N) is 2. The summed E-state index contributed by atoms with van der Waals surface area (Å²) in [5.41, 5.74) is 1.28. The van der Waals surface area contributed by atoms with Gasteiger partial charge < -0.3 is 20.0 Å². The fraction of sp³-hybridized carbons (Fsp3) is 0.208. The molecule has 0 amide bonds. The van der Waals surface area contributed by atoms with Crippen molar-refractivity contribution in [3.05, 3.63) is 78.7 Å². The summed E-state index contributed by atoms with van der Waals surface area (Å²) >= 11 is 12.4. The second-order valence-corrected chi connectivity index (χ2v) is 9.35. The second-order valence-electron chi connectivity index (χ2n) is 8.54. The molecule has 190 valence electrons. The molecule has 3 N–H and O–H groups in total. The van der Waals surface area contributed by atoms with Gasteiger partial charge in [0, 0.05) is 42.1 Å². The molecule has 0 aliphatic heterocycles. The number of imidazole rings is 1. The van der Waals surface area contributed by atoms with Crippen LogP contribution >= 0.6 is 23.2 Å². The average molecular weight is 542 g/mol. The van der Waals surface area contributed by atoms with E-state index in [1.807, 2.05) is 18.2 Å². The predicted molar refractivity (Wildman–Crippen MR) is 141 cm³/mol. The number of aromatic nitrogens is 6. The minimum Gasteiger partial charge on any atom is -0.481 e. The lowest BCUT2D eigenvalue weighted by atomic mass is 10.2. The molecular weight excluding hydrogens is 521 g/mol. The van der Waals surface area contributed by atoms with Crippen molar-refractivity contribution in [2.45, 2.75) is 19.4 Å². The van der Waals surface area contributed by atoms with E-state index in [0.29, 0.717) is 27.3 Å². The van der Waals surface area contributed by atoms with Crippen LogP contribution in [0.5, 0.6) is 0 Å². The van der Waals surface area contributed by atoms with Crippen LogP contribution in [0.4, 0.5) is 11.8 Å². The van der Waals surface area contributed by atoms with E-state index in [0.717, 1.165) is 15.5 Å². The van der Waals surface area contributed by atoms with Crippen LogP contribution in [-0.2, 0) is 31.9 Å². The van der Waals surface area contributed by atoms with Crippen molar-refractivity contribution in [1.82, 2.24) is 28.7 Å². The molecule has 4 aromatic heterocycles. The van der Waals surface area contributed by atoms with Crippen molar-refractivity contribution in [3.63, 3.8) is 0 Å². The van der Waals surface area contributed by atoms with Crippen molar-refractivity contribution in [2.24, 2.45) is 14.1 Å². The molecule has 0 unspecified atom stereocenters. The van der Waals surface area contributed by atoms with Gasteiger partial charge in [-0.05, 0) is 30.3 Å². The molecule has 0 saturated heterocycles. The summed E-state index contributed by atoms with van der Waals surface area (Å²) in [5, 5.41) is 13.7. The Labute approximate surface area is 218 Å². The van der Waals surface area contributed by atoms with Gasteiger partial charge in [-0.15, -0.1) is 0 Å². The minimum absolute atomic E-state index is 0.0199. The molecule has 4 heterocycles. The molecule has 5 aromatic rings. The van der Waals surface area contributed by atoms with Gasteiger partial charge in [-0.25, -0.2) is 9.78 Å². The van der Waals surface area contributed by atoms with Crippen molar-refractivity contribution >= 4 is 63.0 Å². The summed E-state index contributed by atoms with van der Waals surface area (Å²) in [6.45, 7) is 0.0199. The Kier molecular flexibility index (Phi) is 6.26. The Bertz CT molecular complexity index is 1820. The van der Waals surface area contributed by atoms with Crippen LogP contribution in [0.25, 0.3) is 22.1 Å². The Morgan fingerprint density at radius 3 is 2.59 bits per heavy atom. The van der Waals surface area contributed by atoms with Crippen molar-refractivity contribution < 1.29 is 9.90 Å². The average Bonchev–Trinajstić information content (AvgIpc) is 3.42. The normalized spacial score (nSPS) is 11.5. The third-order valence-electron chi connectivity index (χ3n) is 6.09. The molecule has 37 heavy (non-hydrogen) atoms. The zero-order valence-electron chi connectivity index (χ0n) is 19.7. The largest absolute Gasteiger partial charge is 0.481 e. The van der Waals surface area contributed by atoms with Crippen LogP contribution in [0, 0.1) is 0 Å². The van der Waals surface area contributed by atoms with E-state index < -0.39 is 17.2 Å². The number of carbonyl (C=O) groups is 1. The Hall–Kier alpha value is -4.09. The summed E-state index contributed by atoms with van der Waals surface area (Å²) in [4.78, 5) is 49.6. The first kappa shape index (κ1) is 24.6. The highest BCUT2D eigenvalue weighted by molar-refractivity contribution is 6.35. The number of halogens is 2. The van der Waals surface area contributed by atoms with Gasteiger partial charge in [-0.1, -0.05) is 29.3 Å². The third kappa shape index (κ3) is 4.47. The fourth-order valence-electron chi connectivity index (χ4n) is 4.20. The van der Waals surface area contributed by atoms with Gasteiger partial charge in [0.05, 0.1) is 23.7 Å². The Morgan fingerprint density at radius 1 is 1.08 bits per heavy atom. The van der Waals surface area contributed by atoms with Gasteiger partial charge >= 0.3 is 11.7 Å². The van der Waals surface area contributed by atoms with E-state index in [1.54, 1.807) is 36.9 Å². The van der Waals surface area contributed by atoms with Crippen LogP contribution < -0.4 is 16.6 Å². The smallest absolute Gasteiger partial charge is 0.332 e. The van der Waals surface area contributed by atoms with E-state index in [1.165, 1.54) is 4.57 Å². The summed E-state index contributed by atoms with van der Waals surface area (Å²) in [5.74, 6) is -0.320. The van der Waals surface area contributed by atoms with Crippen LogP contribution in [0.2, 0.25) is 10.0 Å². The maximum atomic E-state index is 13.5. The molecule has 13 heteroatoms. The van der Waals surface area contributed by atoms with E-state index >= 15 is 0 Å². The van der Waals surface area contributed by atoms with Crippen LogP contribution in [0.3, 0.4) is 0 Å². The van der Waals surface area contributed by atoms with Gasteiger partial charge in [0.1, 0.15) is 5.82 Å². The number of aromatic amines is 1. The molecule has 0 atom stereocenters. The number of hydrogen-bond donors (Lipinski definition) is 3.